The largest absolute Gasteiger partial charge is 0.420 e. The number of nitrogens with one attached hydrogen (secondary N) is 4. The lowest BCUT2D eigenvalue weighted by molar-refractivity contribution is 0.453. The molecule has 2 aliphatic heterocycles. The van der Waals surface area contributed by atoms with E-state index in [1.807, 2.05) is 48.5 Å². The number of benzene rings is 2. The van der Waals surface area contributed by atoms with E-state index in [0.29, 0.717) is 34.3 Å². The van der Waals surface area contributed by atoms with Crippen molar-refractivity contribution in [2.75, 3.05) is 11.5 Å². The van der Waals surface area contributed by atoms with Crippen molar-refractivity contribution in [1.82, 2.24) is 34.9 Å². The third-order valence-corrected chi connectivity index (χ3v) is 6.82. The number of fused-ring (bicyclic) bond motifs is 7. The van der Waals surface area contributed by atoms with E-state index >= 15 is 0 Å². The van der Waals surface area contributed by atoms with E-state index in [9.17, 15) is 0 Å². The van der Waals surface area contributed by atoms with Crippen molar-refractivity contribution >= 4 is 55.2 Å². The third-order valence-electron chi connectivity index (χ3n) is 6.82. The van der Waals surface area contributed by atoms with Crippen molar-refractivity contribution in [3.8, 4) is 34.6 Å². The van der Waals surface area contributed by atoms with Crippen molar-refractivity contribution in [3.05, 3.63) is 67.3 Å². The molecule has 0 saturated carbocycles. The van der Waals surface area contributed by atoms with Crippen molar-refractivity contribution in [3.63, 3.8) is 0 Å². The van der Waals surface area contributed by atoms with E-state index in [2.05, 4.69) is 34.9 Å². The van der Waals surface area contributed by atoms with Gasteiger partial charge in [0.25, 0.3) is 0 Å². The molecular formula is C27H19N9O2. The Labute approximate surface area is 213 Å². The first-order valence-electron chi connectivity index (χ1n) is 11.9. The quantitative estimate of drug-likeness (QED) is 0.181. The Morgan fingerprint density at radius 1 is 0.605 bits per heavy atom. The van der Waals surface area contributed by atoms with Gasteiger partial charge in [-0.1, -0.05) is 36.4 Å². The minimum Gasteiger partial charge on any atom is -0.420 e. The Hall–Kier alpha value is -5.71. The summed E-state index contributed by atoms with van der Waals surface area (Å²) in [4.78, 5) is 26.2. The SMILES string of the molecule is Nc1c(Oc2ncnc(Oc3[nH]c4[nH]c5ccccc5c4c3N)c3cncc2-3)[nH]c2[nH]c3ccccc3c12. The first-order valence-corrected chi connectivity index (χ1v) is 11.9. The average molecular weight is 502 g/mol. The number of H-pyrrole nitrogens is 4. The number of ether oxygens (including phenoxy) is 2. The van der Waals surface area contributed by atoms with E-state index in [0.717, 1.165) is 43.9 Å². The van der Waals surface area contributed by atoms with E-state index < -0.39 is 0 Å². The van der Waals surface area contributed by atoms with E-state index in [4.69, 9.17) is 20.9 Å². The van der Waals surface area contributed by atoms with Crippen LogP contribution in [0.3, 0.4) is 0 Å². The molecule has 0 unspecified atom stereocenters. The molecule has 4 aromatic heterocycles. The number of aromatic nitrogens is 7. The topological polar surface area (TPSA) is 172 Å². The molecule has 184 valence electrons. The monoisotopic (exact) mass is 501 g/mol. The first kappa shape index (κ1) is 20.5. The number of rotatable bonds is 4. The second-order valence-electron chi connectivity index (χ2n) is 9.00. The molecule has 0 saturated heterocycles. The number of aromatic amines is 4. The molecule has 0 fully saturated rings. The lowest BCUT2D eigenvalue weighted by Gasteiger charge is -2.07. The number of hydrogen-bond donors (Lipinski definition) is 6. The molecule has 0 bridgehead atoms. The molecule has 2 aliphatic rings. The van der Waals surface area contributed by atoms with Crippen LogP contribution in [0.1, 0.15) is 0 Å². The van der Waals surface area contributed by atoms with Gasteiger partial charge in [0.15, 0.2) is 0 Å². The minimum atomic E-state index is 0.275. The molecule has 0 amide bonds. The number of nitrogens with zero attached hydrogens (tertiary/aromatic N) is 3. The van der Waals surface area contributed by atoms with Gasteiger partial charge in [-0.2, -0.15) is 0 Å². The normalized spacial score (nSPS) is 11.9. The zero-order chi connectivity index (χ0) is 25.4. The molecule has 11 nitrogen and oxygen atoms in total. The van der Waals surface area contributed by atoms with Crippen LogP contribution in [0.4, 0.5) is 11.4 Å². The highest BCUT2D eigenvalue weighted by Gasteiger charge is 2.23. The maximum atomic E-state index is 6.48. The highest BCUT2D eigenvalue weighted by Crippen LogP contribution is 2.43. The minimum absolute atomic E-state index is 0.275. The summed E-state index contributed by atoms with van der Waals surface area (Å²) in [5.74, 6) is 1.29. The smallest absolute Gasteiger partial charge is 0.232 e. The van der Waals surface area contributed by atoms with Crippen LogP contribution in [0.2, 0.25) is 0 Å². The lowest BCUT2D eigenvalue weighted by atomic mass is 10.2. The van der Waals surface area contributed by atoms with Gasteiger partial charge in [-0.25, -0.2) is 9.97 Å². The van der Waals surface area contributed by atoms with E-state index in [-0.39, 0.29) is 11.8 Å². The van der Waals surface area contributed by atoms with Gasteiger partial charge in [-0.05, 0) is 12.1 Å². The Morgan fingerprint density at radius 2 is 1.08 bits per heavy atom. The standard InChI is InChI=1S/C27H19N9O2/c28-20-18-12-5-1-3-7-16(12)33-22(18)35-26(20)37-24-14-9-30-10-15(14)25(32-11-31-24)38-27-21(29)19-13-6-2-4-8-17(13)34-23(19)36-27/h1-11,33-36H,28-29H2. The van der Waals surface area contributed by atoms with Gasteiger partial charge in [0.2, 0.25) is 23.5 Å². The number of nitrogen functional groups attached to an aromatic ring is 2. The van der Waals surface area contributed by atoms with Gasteiger partial charge in [-0.15, -0.1) is 0 Å². The number of hydrogen-bond acceptors (Lipinski definition) is 7. The van der Waals surface area contributed by atoms with Crippen LogP contribution >= 0.6 is 0 Å². The van der Waals surface area contributed by atoms with Gasteiger partial charge < -0.3 is 40.9 Å². The molecule has 0 atom stereocenters. The Bertz CT molecular complexity index is 1980. The first-order chi connectivity index (χ1) is 18.7. The summed E-state index contributed by atoms with van der Waals surface area (Å²) in [6.07, 6.45) is 4.65. The molecule has 38 heavy (non-hydrogen) atoms. The molecule has 8 N–H and O–H groups in total. The predicted molar refractivity (Wildman–Crippen MR) is 146 cm³/mol. The zero-order valence-electron chi connectivity index (χ0n) is 19.7. The molecule has 6 aromatic rings. The van der Waals surface area contributed by atoms with Gasteiger partial charge in [0.05, 0.1) is 21.9 Å². The third kappa shape index (κ3) is 2.80. The fourth-order valence-electron chi connectivity index (χ4n) is 5.08. The predicted octanol–water partition coefficient (Wildman–Crippen LogP) is 5.65. The molecule has 0 radical (unpaired) electrons. The van der Waals surface area contributed by atoms with Crippen LogP contribution < -0.4 is 20.9 Å². The van der Waals surface area contributed by atoms with E-state index in [1.54, 1.807) is 12.4 Å². The fraction of sp³-hybridized carbons (Fsp3) is 0. The Kier molecular flexibility index (Phi) is 3.99. The number of nitrogens with two attached hydrogens (primary N) is 2. The van der Waals surface area contributed by atoms with Crippen LogP contribution in [-0.2, 0) is 0 Å². The fourth-order valence-corrected chi connectivity index (χ4v) is 5.08. The molecule has 0 aliphatic carbocycles. The molecule has 6 heterocycles. The molecule has 8 rings (SSSR count). The second-order valence-corrected chi connectivity index (χ2v) is 9.00. The van der Waals surface area contributed by atoms with Gasteiger partial charge in [-0.3, -0.25) is 4.98 Å². The summed E-state index contributed by atoms with van der Waals surface area (Å²) in [5.41, 5.74) is 18.6. The van der Waals surface area contributed by atoms with Crippen LogP contribution in [-0.4, -0.2) is 34.9 Å². The lowest BCUT2D eigenvalue weighted by Crippen LogP contribution is -1.94. The van der Waals surface area contributed by atoms with Gasteiger partial charge in [0.1, 0.15) is 29.0 Å². The van der Waals surface area contributed by atoms with Crippen LogP contribution in [0.25, 0.3) is 55.0 Å². The Balaban J connectivity index is 1.17. The molecule has 2 aromatic carbocycles. The maximum Gasteiger partial charge on any atom is 0.232 e. The second kappa shape index (κ2) is 7.40. The summed E-state index contributed by atoms with van der Waals surface area (Å²) < 4.78 is 12.3. The highest BCUT2D eigenvalue weighted by molar-refractivity contribution is 6.14. The number of para-hydroxylation sites is 2. The summed E-state index contributed by atoms with van der Waals surface area (Å²) in [6, 6.07) is 15.9. The summed E-state index contributed by atoms with van der Waals surface area (Å²) in [5, 5.41) is 3.73. The zero-order valence-corrected chi connectivity index (χ0v) is 19.7. The summed E-state index contributed by atoms with van der Waals surface area (Å²) in [6.45, 7) is 0. The number of anilines is 2. The van der Waals surface area contributed by atoms with Crippen LogP contribution in [0.15, 0.2) is 67.3 Å². The Morgan fingerprint density at radius 3 is 1.58 bits per heavy atom. The summed E-state index contributed by atoms with van der Waals surface area (Å²) >= 11 is 0. The molecule has 11 heteroatoms. The van der Waals surface area contributed by atoms with Crippen molar-refractivity contribution < 1.29 is 9.47 Å². The average Bonchev–Trinajstić information content (AvgIpc) is 3.71. The van der Waals surface area contributed by atoms with Gasteiger partial charge in [0, 0.05) is 34.2 Å². The highest BCUT2D eigenvalue weighted by atomic mass is 16.5. The van der Waals surface area contributed by atoms with Crippen molar-refractivity contribution in [2.45, 2.75) is 0 Å². The van der Waals surface area contributed by atoms with Gasteiger partial charge >= 0.3 is 0 Å². The maximum absolute atomic E-state index is 6.48. The van der Waals surface area contributed by atoms with Crippen LogP contribution in [0, 0.1) is 0 Å². The van der Waals surface area contributed by atoms with Crippen LogP contribution in [0.5, 0.6) is 23.5 Å². The molecule has 0 spiro atoms. The summed E-state index contributed by atoms with van der Waals surface area (Å²) in [7, 11) is 0. The molecular weight excluding hydrogens is 482 g/mol. The van der Waals surface area contributed by atoms with E-state index in [1.165, 1.54) is 6.33 Å². The van der Waals surface area contributed by atoms with Crippen molar-refractivity contribution in [1.29, 1.82) is 0 Å². The van der Waals surface area contributed by atoms with Crippen molar-refractivity contribution in [2.24, 2.45) is 0 Å².